The van der Waals surface area contributed by atoms with Crippen LogP contribution in [0.25, 0.3) is 0 Å². The fourth-order valence-corrected chi connectivity index (χ4v) is 7.76. The normalized spacial score (nSPS) is 14.0. The van der Waals surface area contributed by atoms with E-state index >= 15 is 0 Å². The van der Waals surface area contributed by atoms with Crippen molar-refractivity contribution in [3.05, 3.63) is 0 Å². The van der Waals surface area contributed by atoms with Gasteiger partial charge in [-0.05, 0) is 12.8 Å². The van der Waals surface area contributed by atoms with E-state index in [1.165, 1.54) is 199 Å². The molecule has 0 spiro atoms. The summed E-state index contributed by atoms with van der Waals surface area (Å²) in [5, 5.41) is 43.7. The predicted molar refractivity (Wildman–Crippen MR) is 228 cm³/mol. The molecule has 0 aromatic heterocycles. The van der Waals surface area contributed by atoms with E-state index in [9.17, 15) is 25.2 Å². The standard InChI is InChI=1S/C47H95NO5/c1-3-5-7-9-11-13-15-17-18-19-20-21-22-23-24-25-26-27-28-29-31-32-34-36-38-40-44(50)46(52)43(42-49)48-47(53)45(51)41-39-37-35-33-30-16-14-12-10-8-6-4-2/h43-46,49-52H,3-42H2,1-2H3,(H,48,53). The van der Waals surface area contributed by atoms with Gasteiger partial charge in [0.2, 0.25) is 5.91 Å². The summed E-state index contributed by atoms with van der Waals surface area (Å²) in [6, 6.07) is -0.978. The highest BCUT2D eigenvalue weighted by atomic mass is 16.3. The van der Waals surface area contributed by atoms with Crippen LogP contribution in [0.3, 0.4) is 0 Å². The van der Waals surface area contributed by atoms with Crippen LogP contribution in [0.4, 0.5) is 0 Å². The van der Waals surface area contributed by atoms with Crippen molar-refractivity contribution in [1.29, 1.82) is 0 Å². The molecule has 4 unspecified atom stereocenters. The zero-order valence-electron chi connectivity index (χ0n) is 35.8. The summed E-state index contributed by atoms with van der Waals surface area (Å²) in [4.78, 5) is 12.5. The summed E-state index contributed by atoms with van der Waals surface area (Å²) in [5.74, 6) is -0.580. The minimum atomic E-state index is -1.25. The van der Waals surface area contributed by atoms with Crippen molar-refractivity contribution in [3.63, 3.8) is 0 Å². The van der Waals surface area contributed by atoms with E-state index in [2.05, 4.69) is 19.2 Å². The van der Waals surface area contributed by atoms with Crippen LogP contribution in [0, 0.1) is 0 Å². The summed E-state index contributed by atoms with van der Waals surface area (Å²) >= 11 is 0. The quantitative estimate of drug-likeness (QED) is 0.0398. The van der Waals surface area contributed by atoms with Gasteiger partial charge < -0.3 is 25.7 Å². The first-order chi connectivity index (χ1) is 26.0. The molecular weight excluding hydrogens is 659 g/mol. The molecule has 4 atom stereocenters. The molecule has 0 bridgehead atoms. The molecule has 6 nitrogen and oxygen atoms in total. The number of hydrogen-bond acceptors (Lipinski definition) is 5. The van der Waals surface area contributed by atoms with Gasteiger partial charge in [-0.15, -0.1) is 0 Å². The largest absolute Gasteiger partial charge is 0.394 e. The summed E-state index contributed by atoms with van der Waals surface area (Å²) < 4.78 is 0. The molecule has 318 valence electrons. The van der Waals surface area contributed by atoms with Gasteiger partial charge in [0.25, 0.3) is 0 Å². The molecule has 53 heavy (non-hydrogen) atoms. The Labute approximate surface area is 330 Å². The van der Waals surface area contributed by atoms with Crippen LogP contribution in [0.1, 0.15) is 264 Å². The van der Waals surface area contributed by atoms with Gasteiger partial charge in [0.05, 0.1) is 18.8 Å². The maximum Gasteiger partial charge on any atom is 0.249 e. The number of rotatable bonds is 44. The van der Waals surface area contributed by atoms with Crippen LogP contribution in [-0.2, 0) is 4.79 Å². The highest BCUT2D eigenvalue weighted by Gasteiger charge is 2.28. The molecule has 0 saturated heterocycles. The van der Waals surface area contributed by atoms with Crippen molar-refractivity contribution < 1.29 is 25.2 Å². The maximum absolute atomic E-state index is 12.5. The van der Waals surface area contributed by atoms with Gasteiger partial charge in [-0.1, -0.05) is 251 Å². The van der Waals surface area contributed by atoms with Crippen molar-refractivity contribution in [1.82, 2.24) is 5.32 Å². The summed E-state index contributed by atoms with van der Waals surface area (Å²) in [5.41, 5.74) is 0. The molecular formula is C47H95NO5. The lowest BCUT2D eigenvalue weighted by Crippen LogP contribution is -2.53. The molecule has 1 amide bonds. The number of carbonyl (C=O) groups excluding carboxylic acids is 1. The molecule has 0 saturated carbocycles. The van der Waals surface area contributed by atoms with E-state index in [4.69, 9.17) is 0 Å². The van der Waals surface area contributed by atoms with E-state index in [1.807, 2.05) is 0 Å². The average molecular weight is 754 g/mol. The smallest absolute Gasteiger partial charge is 0.249 e. The lowest BCUT2D eigenvalue weighted by atomic mass is 9.99. The van der Waals surface area contributed by atoms with Crippen LogP contribution in [0.5, 0.6) is 0 Å². The number of amides is 1. The van der Waals surface area contributed by atoms with Crippen molar-refractivity contribution in [2.24, 2.45) is 0 Å². The second-order valence-corrected chi connectivity index (χ2v) is 16.8. The summed E-state index contributed by atoms with van der Waals surface area (Å²) in [6.45, 7) is 4.06. The highest BCUT2D eigenvalue weighted by molar-refractivity contribution is 5.80. The minimum absolute atomic E-state index is 0.375. The van der Waals surface area contributed by atoms with Gasteiger partial charge in [0.15, 0.2) is 0 Å². The number of carbonyl (C=O) groups is 1. The molecule has 5 N–H and O–H groups in total. The Hall–Kier alpha value is -0.690. The first kappa shape index (κ1) is 52.3. The van der Waals surface area contributed by atoms with E-state index in [0.717, 1.165) is 38.5 Å². The third kappa shape index (κ3) is 36.7. The molecule has 0 radical (unpaired) electrons. The Morgan fingerprint density at radius 3 is 0.906 bits per heavy atom. The van der Waals surface area contributed by atoms with E-state index < -0.39 is 36.9 Å². The molecule has 0 aliphatic carbocycles. The second kappa shape index (κ2) is 42.5. The number of aliphatic hydroxyl groups is 4. The first-order valence-corrected chi connectivity index (χ1v) is 23.9. The monoisotopic (exact) mass is 754 g/mol. The Balaban J connectivity index is 3.60. The van der Waals surface area contributed by atoms with Crippen LogP contribution >= 0.6 is 0 Å². The van der Waals surface area contributed by atoms with Crippen molar-refractivity contribution >= 4 is 5.91 Å². The third-order valence-electron chi connectivity index (χ3n) is 11.6. The van der Waals surface area contributed by atoms with Crippen LogP contribution in [0.2, 0.25) is 0 Å². The number of aliphatic hydroxyl groups excluding tert-OH is 4. The zero-order valence-corrected chi connectivity index (χ0v) is 35.8. The SMILES string of the molecule is CCCCCCCCCCCCCCCCCCCCCCCCCCCC(O)C(O)C(CO)NC(=O)C(O)CCCCCCCCCCCCCC. The van der Waals surface area contributed by atoms with Crippen LogP contribution in [0.15, 0.2) is 0 Å². The summed E-state index contributed by atoms with van der Waals surface area (Å²) in [6.07, 6.45) is 45.8. The molecule has 0 aromatic rings. The zero-order chi connectivity index (χ0) is 38.9. The average Bonchev–Trinajstić information content (AvgIpc) is 3.16. The topological polar surface area (TPSA) is 110 Å². The van der Waals surface area contributed by atoms with Gasteiger partial charge in [-0.3, -0.25) is 4.79 Å². The predicted octanol–water partition coefficient (Wildman–Crippen LogP) is 12.8. The van der Waals surface area contributed by atoms with Gasteiger partial charge in [0.1, 0.15) is 12.2 Å². The van der Waals surface area contributed by atoms with Gasteiger partial charge >= 0.3 is 0 Å². The molecule has 0 fully saturated rings. The van der Waals surface area contributed by atoms with Gasteiger partial charge in [-0.2, -0.15) is 0 Å². The minimum Gasteiger partial charge on any atom is -0.394 e. The van der Waals surface area contributed by atoms with Gasteiger partial charge in [0, 0.05) is 0 Å². The molecule has 0 aliphatic rings. The number of nitrogens with one attached hydrogen (secondary N) is 1. The van der Waals surface area contributed by atoms with Crippen molar-refractivity contribution in [2.75, 3.05) is 6.61 Å². The lowest BCUT2D eigenvalue weighted by molar-refractivity contribution is -0.132. The highest BCUT2D eigenvalue weighted by Crippen LogP contribution is 2.18. The first-order valence-electron chi connectivity index (χ1n) is 23.9. The molecule has 0 heterocycles. The third-order valence-corrected chi connectivity index (χ3v) is 11.6. The fraction of sp³-hybridized carbons (Fsp3) is 0.979. The van der Waals surface area contributed by atoms with E-state index in [0.29, 0.717) is 12.8 Å². The molecule has 0 aromatic carbocycles. The molecule has 0 aliphatic heterocycles. The van der Waals surface area contributed by atoms with Crippen LogP contribution in [-0.4, -0.2) is 57.3 Å². The second-order valence-electron chi connectivity index (χ2n) is 16.8. The molecule has 6 heteroatoms. The Kier molecular flexibility index (Phi) is 41.9. The van der Waals surface area contributed by atoms with Gasteiger partial charge in [-0.25, -0.2) is 0 Å². The van der Waals surface area contributed by atoms with E-state index in [1.54, 1.807) is 0 Å². The lowest BCUT2D eigenvalue weighted by Gasteiger charge is -2.27. The van der Waals surface area contributed by atoms with Crippen molar-refractivity contribution in [2.45, 2.75) is 289 Å². The van der Waals surface area contributed by atoms with E-state index in [-0.39, 0.29) is 0 Å². The van der Waals surface area contributed by atoms with Crippen LogP contribution < -0.4 is 5.32 Å². The maximum atomic E-state index is 12.5. The van der Waals surface area contributed by atoms with Crippen molar-refractivity contribution in [3.8, 4) is 0 Å². The fourth-order valence-electron chi connectivity index (χ4n) is 7.76. The number of hydrogen-bond donors (Lipinski definition) is 5. The Morgan fingerprint density at radius 1 is 0.396 bits per heavy atom. The number of unbranched alkanes of at least 4 members (excludes halogenated alkanes) is 35. The Bertz CT molecular complexity index is 721. The Morgan fingerprint density at radius 2 is 0.642 bits per heavy atom. The summed E-state index contributed by atoms with van der Waals surface area (Å²) in [7, 11) is 0. The molecule has 0 rings (SSSR count).